The molecule has 1 aromatic heterocycles. The molecule has 1 heterocycles. The number of nitrogens with two attached hydrogens (primary N) is 1. The van der Waals surface area contributed by atoms with Crippen LogP contribution in [0.5, 0.6) is 0 Å². The molecular weight excluding hydrogens is 260 g/mol. The molecule has 3 N–H and O–H groups in total. The summed E-state index contributed by atoms with van der Waals surface area (Å²) in [6.45, 7) is 3.67. The molecular formula is C15H17ClN2O. The van der Waals surface area contributed by atoms with E-state index in [2.05, 4.69) is 4.98 Å². The zero-order valence-electron chi connectivity index (χ0n) is 11.0. The largest absolute Gasteiger partial charge is 0.385 e. The Hall–Kier alpha value is -1.58. The number of halogens is 1. The maximum Gasteiger partial charge on any atom is 0.129 e. The predicted molar refractivity (Wildman–Crippen MR) is 78.1 cm³/mol. The lowest BCUT2D eigenvalue weighted by Gasteiger charge is -2.25. The number of nitrogens with zero attached hydrogens (tertiary/aromatic N) is 1. The molecule has 0 fully saturated rings. The van der Waals surface area contributed by atoms with Gasteiger partial charge in [0.1, 0.15) is 5.82 Å². The summed E-state index contributed by atoms with van der Waals surface area (Å²) in [4.78, 5) is 4.10. The molecule has 0 aliphatic rings. The van der Waals surface area contributed by atoms with Crippen molar-refractivity contribution in [1.29, 1.82) is 0 Å². The van der Waals surface area contributed by atoms with Crippen molar-refractivity contribution in [1.82, 2.24) is 4.98 Å². The summed E-state index contributed by atoms with van der Waals surface area (Å²) in [7, 11) is 0. The highest BCUT2D eigenvalue weighted by molar-refractivity contribution is 6.30. The van der Waals surface area contributed by atoms with Crippen LogP contribution in [-0.2, 0) is 12.0 Å². The van der Waals surface area contributed by atoms with Crippen LogP contribution in [0.2, 0.25) is 5.02 Å². The smallest absolute Gasteiger partial charge is 0.129 e. The van der Waals surface area contributed by atoms with E-state index in [0.29, 0.717) is 22.8 Å². The van der Waals surface area contributed by atoms with Crippen molar-refractivity contribution >= 4 is 17.4 Å². The van der Waals surface area contributed by atoms with Gasteiger partial charge in [0.25, 0.3) is 0 Å². The molecule has 2 rings (SSSR count). The van der Waals surface area contributed by atoms with E-state index >= 15 is 0 Å². The van der Waals surface area contributed by atoms with E-state index in [1.165, 1.54) is 0 Å². The van der Waals surface area contributed by atoms with E-state index in [0.717, 1.165) is 11.1 Å². The first-order valence-electron chi connectivity index (χ1n) is 6.08. The quantitative estimate of drug-likeness (QED) is 0.906. The molecule has 1 unspecified atom stereocenters. The average molecular weight is 277 g/mol. The number of pyridine rings is 1. The Morgan fingerprint density at radius 3 is 2.58 bits per heavy atom. The standard InChI is InChI=1S/C15H17ClN2O/c1-10-7-13(14(17)18-9-10)15(2,19)8-11-3-5-12(16)6-4-11/h3-7,9,19H,8H2,1-2H3,(H2,17,18). The Balaban J connectivity index is 2.31. The summed E-state index contributed by atoms with van der Waals surface area (Å²) >= 11 is 5.85. The number of nitrogen functional groups attached to an aromatic ring is 1. The summed E-state index contributed by atoms with van der Waals surface area (Å²) in [5.41, 5.74) is 7.43. The van der Waals surface area contributed by atoms with Crippen molar-refractivity contribution in [3.8, 4) is 0 Å². The second-order valence-electron chi connectivity index (χ2n) is 5.02. The van der Waals surface area contributed by atoms with Crippen LogP contribution in [0.3, 0.4) is 0 Å². The highest BCUT2D eigenvalue weighted by Gasteiger charge is 2.26. The van der Waals surface area contributed by atoms with Gasteiger partial charge >= 0.3 is 0 Å². The van der Waals surface area contributed by atoms with Crippen molar-refractivity contribution in [2.45, 2.75) is 25.9 Å². The number of benzene rings is 1. The van der Waals surface area contributed by atoms with Crippen LogP contribution in [-0.4, -0.2) is 10.1 Å². The van der Waals surface area contributed by atoms with Crippen LogP contribution in [0.4, 0.5) is 5.82 Å². The first-order chi connectivity index (χ1) is 8.88. The first-order valence-corrected chi connectivity index (χ1v) is 6.46. The van der Waals surface area contributed by atoms with E-state index in [1.54, 1.807) is 13.1 Å². The number of rotatable bonds is 3. The zero-order chi connectivity index (χ0) is 14.0. The fourth-order valence-electron chi connectivity index (χ4n) is 2.11. The molecule has 0 amide bonds. The van der Waals surface area contributed by atoms with Gasteiger partial charge in [-0.25, -0.2) is 4.98 Å². The highest BCUT2D eigenvalue weighted by atomic mass is 35.5. The molecule has 2 aromatic rings. The van der Waals surface area contributed by atoms with Gasteiger partial charge < -0.3 is 10.8 Å². The first kappa shape index (κ1) is 13.8. The summed E-state index contributed by atoms with van der Waals surface area (Å²) < 4.78 is 0. The second-order valence-corrected chi connectivity index (χ2v) is 5.46. The topological polar surface area (TPSA) is 59.1 Å². The summed E-state index contributed by atoms with van der Waals surface area (Å²) in [6, 6.07) is 9.29. The molecule has 0 saturated heterocycles. The molecule has 0 aliphatic heterocycles. The Bertz CT molecular complexity index is 579. The van der Waals surface area contributed by atoms with Gasteiger partial charge in [0.2, 0.25) is 0 Å². The van der Waals surface area contributed by atoms with Gasteiger partial charge in [0, 0.05) is 23.2 Å². The third-order valence-corrected chi connectivity index (χ3v) is 3.35. The molecule has 0 saturated carbocycles. The van der Waals surface area contributed by atoms with Crippen molar-refractivity contribution in [2.24, 2.45) is 0 Å². The van der Waals surface area contributed by atoms with E-state index in [-0.39, 0.29) is 0 Å². The lowest BCUT2D eigenvalue weighted by molar-refractivity contribution is 0.0581. The van der Waals surface area contributed by atoms with E-state index in [1.807, 2.05) is 37.3 Å². The van der Waals surface area contributed by atoms with Gasteiger partial charge in [-0.1, -0.05) is 23.7 Å². The van der Waals surface area contributed by atoms with Gasteiger partial charge in [-0.3, -0.25) is 0 Å². The summed E-state index contributed by atoms with van der Waals surface area (Å²) in [5, 5.41) is 11.3. The van der Waals surface area contributed by atoms with E-state index in [4.69, 9.17) is 17.3 Å². The minimum atomic E-state index is -1.06. The SMILES string of the molecule is Cc1cnc(N)c(C(C)(O)Cc2ccc(Cl)cc2)c1. The predicted octanol–water partition coefficient (Wildman–Crippen LogP) is 3.08. The monoisotopic (exact) mass is 276 g/mol. The van der Waals surface area contributed by atoms with Crippen LogP contribution in [0.1, 0.15) is 23.6 Å². The lowest BCUT2D eigenvalue weighted by atomic mass is 9.89. The third kappa shape index (κ3) is 3.25. The molecule has 3 nitrogen and oxygen atoms in total. The van der Waals surface area contributed by atoms with Crippen molar-refractivity contribution in [3.63, 3.8) is 0 Å². The van der Waals surface area contributed by atoms with Crippen molar-refractivity contribution in [2.75, 3.05) is 5.73 Å². The number of aryl methyl sites for hydroxylation is 1. The van der Waals surface area contributed by atoms with Crippen LogP contribution >= 0.6 is 11.6 Å². The summed E-state index contributed by atoms with van der Waals surface area (Å²) in [6.07, 6.45) is 2.15. The third-order valence-electron chi connectivity index (χ3n) is 3.10. The fourth-order valence-corrected chi connectivity index (χ4v) is 2.23. The van der Waals surface area contributed by atoms with Gasteiger partial charge in [0.15, 0.2) is 0 Å². The normalized spacial score (nSPS) is 14.1. The molecule has 1 aromatic carbocycles. The van der Waals surface area contributed by atoms with Crippen molar-refractivity contribution < 1.29 is 5.11 Å². The number of anilines is 1. The molecule has 0 spiro atoms. The molecule has 4 heteroatoms. The minimum Gasteiger partial charge on any atom is -0.385 e. The van der Waals surface area contributed by atoms with Gasteiger partial charge in [-0.15, -0.1) is 0 Å². The fraction of sp³-hybridized carbons (Fsp3) is 0.267. The van der Waals surface area contributed by atoms with Crippen LogP contribution < -0.4 is 5.73 Å². The molecule has 0 radical (unpaired) electrons. The second kappa shape index (κ2) is 5.19. The maximum absolute atomic E-state index is 10.7. The molecule has 0 bridgehead atoms. The lowest BCUT2D eigenvalue weighted by Crippen LogP contribution is -2.26. The van der Waals surface area contributed by atoms with Crippen LogP contribution in [0, 0.1) is 6.92 Å². The van der Waals surface area contributed by atoms with Crippen LogP contribution in [0.15, 0.2) is 36.5 Å². The van der Waals surface area contributed by atoms with Gasteiger partial charge in [-0.05, 0) is 43.2 Å². The minimum absolute atomic E-state index is 0.365. The molecule has 100 valence electrons. The van der Waals surface area contributed by atoms with E-state index in [9.17, 15) is 5.11 Å². The van der Waals surface area contributed by atoms with E-state index < -0.39 is 5.60 Å². The highest BCUT2D eigenvalue weighted by Crippen LogP contribution is 2.29. The molecule has 0 aliphatic carbocycles. The zero-order valence-corrected chi connectivity index (χ0v) is 11.8. The number of aromatic nitrogens is 1. The van der Waals surface area contributed by atoms with Gasteiger partial charge in [-0.2, -0.15) is 0 Å². The average Bonchev–Trinajstić information content (AvgIpc) is 2.35. The maximum atomic E-state index is 10.7. The van der Waals surface area contributed by atoms with Gasteiger partial charge in [0.05, 0.1) is 5.60 Å². The molecule has 19 heavy (non-hydrogen) atoms. The van der Waals surface area contributed by atoms with Crippen molar-refractivity contribution in [3.05, 3.63) is 58.2 Å². The Morgan fingerprint density at radius 2 is 1.95 bits per heavy atom. The Labute approximate surface area is 118 Å². The summed E-state index contributed by atoms with van der Waals surface area (Å²) in [5.74, 6) is 0.365. The number of hydrogen-bond donors (Lipinski definition) is 2. The Morgan fingerprint density at radius 1 is 1.32 bits per heavy atom. The molecule has 1 atom stereocenters. The number of aliphatic hydroxyl groups is 1. The van der Waals surface area contributed by atoms with Crippen LogP contribution in [0.25, 0.3) is 0 Å². The Kier molecular flexibility index (Phi) is 3.78. The number of hydrogen-bond acceptors (Lipinski definition) is 3.